The van der Waals surface area contributed by atoms with Gasteiger partial charge in [-0.3, -0.25) is 0 Å². The van der Waals surface area contributed by atoms with E-state index in [0.717, 1.165) is 36.4 Å². The molecule has 0 radical (unpaired) electrons. The number of oxazole rings is 1. The van der Waals surface area contributed by atoms with Gasteiger partial charge in [0, 0.05) is 6.54 Å². The Hall–Kier alpha value is -1.55. The van der Waals surface area contributed by atoms with Crippen LogP contribution in [0.15, 0.2) is 29.0 Å². The molecule has 16 heavy (non-hydrogen) atoms. The highest BCUT2D eigenvalue weighted by molar-refractivity contribution is 5.79. The van der Waals surface area contributed by atoms with E-state index in [4.69, 9.17) is 9.15 Å². The fraction of sp³-hybridized carbons (Fsp3) is 0.417. The Balaban J connectivity index is 1.85. The van der Waals surface area contributed by atoms with Gasteiger partial charge < -0.3 is 14.5 Å². The average Bonchev–Trinajstić information content (AvgIpc) is 2.80. The number of piperidine rings is 1. The lowest BCUT2D eigenvalue weighted by molar-refractivity contribution is 0.169. The molecular weight excluding hydrogens is 204 g/mol. The van der Waals surface area contributed by atoms with E-state index in [9.17, 15) is 0 Å². The molecule has 1 unspecified atom stereocenters. The number of nitrogens with zero attached hydrogens (tertiary/aromatic N) is 1. The number of nitrogens with one attached hydrogen (secondary N) is 1. The van der Waals surface area contributed by atoms with E-state index < -0.39 is 0 Å². The zero-order chi connectivity index (χ0) is 10.8. The minimum Gasteiger partial charge on any atom is -0.487 e. The molecule has 1 N–H and O–H groups in total. The number of ether oxygens (including phenoxy) is 1. The first-order chi connectivity index (χ1) is 7.93. The van der Waals surface area contributed by atoms with Crippen molar-refractivity contribution in [3.05, 3.63) is 24.6 Å². The molecule has 1 saturated heterocycles. The summed E-state index contributed by atoms with van der Waals surface area (Å²) in [5, 5.41) is 3.33. The van der Waals surface area contributed by atoms with Crippen LogP contribution in [-0.4, -0.2) is 24.2 Å². The maximum atomic E-state index is 5.94. The summed E-state index contributed by atoms with van der Waals surface area (Å²) in [4.78, 5) is 4.17. The van der Waals surface area contributed by atoms with Crippen LogP contribution in [0.4, 0.5) is 0 Å². The van der Waals surface area contributed by atoms with Crippen LogP contribution in [0.25, 0.3) is 11.1 Å². The third kappa shape index (κ3) is 1.76. The number of aromatic nitrogens is 1. The van der Waals surface area contributed by atoms with Gasteiger partial charge in [-0.25, -0.2) is 4.98 Å². The van der Waals surface area contributed by atoms with Crippen molar-refractivity contribution >= 4 is 11.1 Å². The van der Waals surface area contributed by atoms with Crippen molar-refractivity contribution in [3.8, 4) is 5.75 Å². The summed E-state index contributed by atoms with van der Waals surface area (Å²) in [6.45, 7) is 2.00. The largest absolute Gasteiger partial charge is 0.487 e. The van der Waals surface area contributed by atoms with Crippen LogP contribution in [0, 0.1) is 0 Å². The third-order valence-electron chi connectivity index (χ3n) is 2.87. The molecule has 1 aromatic heterocycles. The molecule has 0 spiro atoms. The van der Waals surface area contributed by atoms with Gasteiger partial charge >= 0.3 is 0 Å². The third-order valence-corrected chi connectivity index (χ3v) is 2.87. The van der Waals surface area contributed by atoms with Crippen molar-refractivity contribution in [1.82, 2.24) is 10.3 Å². The van der Waals surface area contributed by atoms with Gasteiger partial charge in [-0.2, -0.15) is 0 Å². The highest BCUT2D eigenvalue weighted by atomic mass is 16.5. The molecule has 1 fully saturated rings. The molecular formula is C12H14N2O2. The second-order valence-electron chi connectivity index (χ2n) is 4.04. The average molecular weight is 218 g/mol. The van der Waals surface area contributed by atoms with Crippen LogP contribution >= 0.6 is 0 Å². The number of rotatable bonds is 2. The molecule has 0 bridgehead atoms. The van der Waals surface area contributed by atoms with E-state index in [1.165, 1.54) is 12.8 Å². The zero-order valence-electron chi connectivity index (χ0n) is 8.98. The minimum absolute atomic E-state index is 0.246. The number of para-hydroxylation sites is 1. The second kappa shape index (κ2) is 4.14. The molecule has 84 valence electrons. The molecule has 4 nitrogen and oxygen atoms in total. The van der Waals surface area contributed by atoms with Crippen molar-refractivity contribution in [3.63, 3.8) is 0 Å². The first-order valence-corrected chi connectivity index (χ1v) is 5.63. The summed E-state index contributed by atoms with van der Waals surface area (Å²) in [5.74, 6) is 0.819. The Morgan fingerprint density at radius 1 is 1.44 bits per heavy atom. The Morgan fingerprint density at radius 2 is 2.44 bits per heavy atom. The molecule has 2 aromatic rings. The minimum atomic E-state index is 0.246. The summed E-state index contributed by atoms with van der Waals surface area (Å²) >= 11 is 0. The molecule has 3 rings (SSSR count). The first kappa shape index (κ1) is 9.66. The van der Waals surface area contributed by atoms with Gasteiger partial charge in [0.1, 0.15) is 11.9 Å². The lowest BCUT2D eigenvalue weighted by Crippen LogP contribution is -2.37. The Kier molecular flexibility index (Phi) is 2.50. The smallest absolute Gasteiger partial charge is 0.182 e. The second-order valence-corrected chi connectivity index (χ2v) is 4.04. The number of benzene rings is 1. The van der Waals surface area contributed by atoms with E-state index >= 15 is 0 Å². The SMILES string of the molecule is c1cc(OC2CCCNC2)c2ncoc2c1. The molecule has 1 aliphatic rings. The van der Waals surface area contributed by atoms with Gasteiger partial charge in [-0.05, 0) is 31.5 Å². The maximum absolute atomic E-state index is 5.94. The van der Waals surface area contributed by atoms with Crippen LogP contribution in [-0.2, 0) is 0 Å². The molecule has 0 aliphatic carbocycles. The predicted molar refractivity (Wildman–Crippen MR) is 60.5 cm³/mol. The fourth-order valence-corrected chi connectivity index (χ4v) is 2.06. The Morgan fingerprint density at radius 3 is 3.31 bits per heavy atom. The monoisotopic (exact) mass is 218 g/mol. The van der Waals surface area contributed by atoms with Crippen molar-refractivity contribution in [2.24, 2.45) is 0 Å². The lowest BCUT2D eigenvalue weighted by atomic mass is 10.1. The molecule has 2 heterocycles. The van der Waals surface area contributed by atoms with Gasteiger partial charge in [0.15, 0.2) is 17.5 Å². The Labute approximate surface area is 93.6 Å². The van der Waals surface area contributed by atoms with Gasteiger partial charge in [-0.15, -0.1) is 0 Å². The predicted octanol–water partition coefficient (Wildman–Crippen LogP) is 1.96. The first-order valence-electron chi connectivity index (χ1n) is 5.63. The lowest BCUT2D eigenvalue weighted by Gasteiger charge is -2.23. The summed E-state index contributed by atoms with van der Waals surface area (Å²) in [6, 6.07) is 5.77. The highest BCUT2D eigenvalue weighted by Gasteiger charge is 2.16. The normalized spacial score (nSPS) is 21.1. The number of fused-ring (bicyclic) bond motifs is 1. The summed E-state index contributed by atoms with van der Waals surface area (Å²) in [5.41, 5.74) is 1.59. The van der Waals surface area contributed by atoms with E-state index in [1.54, 1.807) is 0 Å². The number of hydrogen-bond donors (Lipinski definition) is 1. The molecule has 1 aliphatic heterocycles. The van der Waals surface area contributed by atoms with E-state index in [2.05, 4.69) is 10.3 Å². The van der Waals surface area contributed by atoms with Crippen LogP contribution in [0.2, 0.25) is 0 Å². The fourth-order valence-electron chi connectivity index (χ4n) is 2.06. The van der Waals surface area contributed by atoms with Crippen molar-refractivity contribution in [2.45, 2.75) is 18.9 Å². The van der Waals surface area contributed by atoms with Gasteiger partial charge in [0.25, 0.3) is 0 Å². The van der Waals surface area contributed by atoms with Crippen molar-refractivity contribution in [1.29, 1.82) is 0 Å². The zero-order valence-corrected chi connectivity index (χ0v) is 8.98. The standard InChI is InChI=1S/C12H14N2O2/c1-4-10-12(14-8-15-10)11(5-1)16-9-3-2-6-13-7-9/h1,4-5,8-9,13H,2-3,6-7H2. The number of hydrogen-bond acceptors (Lipinski definition) is 4. The summed E-state index contributed by atoms with van der Waals surface area (Å²) in [6.07, 6.45) is 3.97. The molecule has 1 aromatic carbocycles. The quantitative estimate of drug-likeness (QED) is 0.837. The van der Waals surface area contributed by atoms with E-state index in [1.807, 2.05) is 18.2 Å². The topological polar surface area (TPSA) is 47.3 Å². The van der Waals surface area contributed by atoms with E-state index in [-0.39, 0.29) is 6.10 Å². The van der Waals surface area contributed by atoms with Gasteiger partial charge in [0.05, 0.1) is 0 Å². The molecule has 4 heteroatoms. The molecule has 0 amide bonds. The van der Waals surface area contributed by atoms with E-state index in [0.29, 0.717) is 0 Å². The van der Waals surface area contributed by atoms with Gasteiger partial charge in [0.2, 0.25) is 0 Å². The van der Waals surface area contributed by atoms with Crippen molar-refractivity contribution in [2.75, 3.05) is 13.1 Å². The van der Waals surface area contributed by atoms with Crippen LogP contribution < -0.4 is 10.1 Å². The van der Waals surface area contributed by atoms with Crippen LogP contribution in [0.1, 0.15) is 12.8 Å². The molecule has 1 atom stereocenters. The van der Waals surface area contributed by atoms with Gasteiger partial charge in [-0.1, -0.05) is 6.07 Å². The van der Waals surface area contributed by atoms with Crippen LogP contribution in [0.3, 0.4) is 0 Å². The molecule has 0 saturated carbocycles. The highest BCUT2D eigenvalue weighted by Crippen LogP contribution is 2.25. The maximum Gasteiger partial charge on any atom is 0.182 e. The summed E-state index contributed by atoms with van der Waals surface area (Å²) in [7, 11) is 0. The van der Waals surface area contributed by atoms with Crippen molar-refractivity contribution < 1.29 is 9.15 Å². The summed E-state index contributed by atoms with van der Waals surface area (Å²) < 4.78 is 11.2. The Bertz CT molecular complexity index is 475. The van der Waals surface area contributed by atoms with Crippen LogP contribution in [0.5, 0.6) is 5.75 Å².